The Morgan fingerprint density at radius 2 is 1.88 bits per heavy atom. The highest BCUT2D eigenvalue weighted by Gasteiger charge is 2.59. The van der Waals surface area contributed by atoms with E-state index in [4.69, 9.17) is 14.2 Å². The van der Waals surface area contributed by atoms with E-state index in [9.17, 15) is 4.79 Å². The molecule has 0 aromatic heterocycles. The summed E-state index contributed by atoms with van der Waals surface area (Å²) in [4.78, 5) is 13.3. The van der Waals surface area contributed by atoms with E-state index in [1.165, 1.54) is 18.4 Å². The first-order chi connectivity index (χ1) is 15.2. The molecule has 2 saturated carbocycles. The molecule has 4 rings (SSSR count). The Morgan fingerprint density at radius 3 is 2.59 bits per heavy atom. The van der Waals surface area contributed by atoms with Gasteiger partial charge in [0.2, 0.25) is 0 Å². The average Bonchev–Trinajstić information content (AvgIpc) is 3.10. The minimum atomic E-state index is -0.0856. The normalized spacial score (nSPS) is 40.0. The summed E-state index contributed by atoms with van der Waals surface area (Å²) in [6, 6.07) is 0. The topological polar surface area (TPSA) is 56.8 Å². The first-order valence-electron chi connectivity index (χ1n) is 13.0. The molecule has 0 bridgehead atoms. The molecule has 0 radical (unpaired) electrons. The fourth-order valence-corrected chi connectivity index (χ4v) is 7.65. The Balaban J connectivity index is 1.52. The van der Waals surface area contributed by atoms with Crippen LogP contribution in [0.15, 0.2) is 11.3 Å². The first-order valence-corrected chi connectivity index (χ1v) is 13.0. The summed E-state index contributed by atoms with van der Waals surface area (Å²) in [6.45, 7) is 14.2. The van der Waals surface area contributed by atoms with Crippen LogP contribution in [0.2, 0.25) is 0 Å². The summed E-state index contributed by atoms with van der Waals surface area (Å²) in [5, 5.41) is 3.68. The number of ether oxygens (including phenoxy) is 3. The van der Waals surface area contributed by atoms with Gasteiger partial charge in [-0.3, -0.25) is 4.79 Å². The molecule has 0 saturated heterocycles. The van der Waals surface area contributed by atoms with Crippen molar-refractivity contribution in [3.63, 3.8) is 0 Å². The van der Waals surface area contributed by atoms with E-state index in [1.54, 1.807) is 7.11 Å². The van der Waals surface area contributed by atoms with Gasteiger partial charge in [-0.15, -0.1) is 0 Å². The quantitative estimate of drug-likeness (QED) is 0.404. The monoisotopic (exact) mass is 447 g/mol. The van der Waals surface area contributed by atoms with Crippen LogP contribution >= 0.6 is 0 Å². The van der Waals surface area contributed by atoms with Crippen LogP contribution < -0.4 is 5.32 Å². The number of nitrogens with one attached hydrogen (secondary N) is 1. The van der Waals surface area contributed by atoms with Gasteiger partial charge in [0.15, 0.2) is 0 Å². The van der Waals surface area contributed by atoms with Gasteiger partial charge in [-0.2, -0.15) is 0 Å². The van der Waals surface area contributed by atoms with Crippen molar-refractivity contribution < 1.29 is 19.0 Å². The van der Waals surface area contributed by atoms with Gasteiger partial charge < -0.3 is 19.5 Å². The molecule has 4 aliphatic rings. The predicted molar refractivity (Wildman–Crippen MR) is 126 cm³/mol. The zero-order valence-electron chi connectivity index (χ0n) is 21.2. The molecule has 0 aromatic rings. The van der Waals surface area contributed by atoms with Gasteiger partial charge in [0.05, 0.1) is 12.0 Å². The second-order valence-electron chi connectivity index (χ2n) is 12.0. The standard InChI is InChI=1S/C27H45NO4/c1-17(2)14-28-15-18(3)20-7-8-21-24-22(10-12-26(20,21)4)27(5)11-9-19(31-16-30-6)13-23(27)25(29)32-24/h17-21,23,28H,7-16H2,1-6H3/t18-,19+,20-,21+,23-,26-,27-/m1/s1. The number of carbonyl (C=O) groups is 1. The van der Waals surface area contributed by atoms with E-state index >= 15 is 0 Å². The van der Waals surface area contributed by atoms with E-state index in [0.29, 0.717) is 30.5 Å². The largest absolute Gasteiger partial charge is 0.431 e. The fourth-order valence-electron chi connectivity index (χ4n) is 7.65. The zero-order valence-corrected chi connectivity index (χ0v) is 21.2. The predicted octanol–water partition coefficient (Wildman–Crippen LogP) is 5.30. The van der Waals surface area contributed by atoms with Crippen LogP contribution in [-0.2, 0) is 19.0 Å². The van der Waals surface area contributed by atoms with Gasteiger partial charge in [-0.05, 0) is 86.8 Å². The van der Waals surface area contributed by atoms with Crippen molar-refractivity contribution >= 4 is 5.97 Å². The SMILES string of the molecule is COCO[C@H]1CC[C@]2(C)C3=C(OC(=O)[C@H]2C1)[C@@H]1CC[C@H]([C@H](C)CNCC(C)C)[C@@]1(C)CC3. The molecule has 7 atom stereocenters. The second kappa shape index (κ2) is 9.38. The number of allylic oxidation sites excluding steroid dienone is 2. The number of methoxy groups -OCH3 is 1. The summed E-state index contributed by atoms with van der Waals surface area (Å²) >= 11 is 0. The lowest BCUT2D eigenvalue weighted by molar-refractivity contribution is -0.164. The Morgan fingerprint density at radius 1 is 1.09 bits per heavy atom. The molecule has 5 heteroatoms. The van der Waals surface area contributed by atoms with Gasteiger partial charge >= 0.3 is 5.97 Å². The van der Waals surface area contributed by atoms with Crippen LogP contribution in [0.5, 0.6) is 0 Å². The number of hydrogen-bond acceptors (Lipinski definition) is 5. The Bertz CT molecular complexity index is 733. The third-order valence-corrected chi connectivity index (χ3v) is 9.50. The van der Waals surface area contributed by atoms with Gasteiger partial charge in [0.1, 0.15) is 12.6 Å². The van der Waals surface area contributed by atoms with Gasteiger partial charge in [0, 0.05) is 18.4 Å². The molecule has 3 aliphatic carbocycles. The van der Waals surface area contributed by atoms with Crippen LogP contribution in [0.4, 0.5) is 0 Å². The molecule has 0 amide bonds. The van der Waals surface area contributed by atoms with Gasteiger partial charge in [-0.25, -0.2) is 0 Å². The second-order valence-corrected chi connectivity index (χ2v) is 12.0. The highest BCUT2D eigenvalue weighted by molar-refractivity contribution is 5.77. The minimum Gasteiger partial charge on any atom is -0.431 e. The van der Waals surface area contributed by atoms with Crippen molar-refractivity contribution in [2.45, 2.75) is 85.7 Å². The maximum absolute atomic E-state index is 13.3. The molecule has 0 unspecified atom stereocenters. The van der Waals surface area contributed by atoms with Crippen molar-refractivity contribution in [1.29, 1.82) is 0 Å². The minimum absolute atomic E-state index is 0.0173. The highest BCUT2D eigenvalue weighted by atomic mass is 16.7. The fraction of sp³-hybridized carbons (Fsp3) is 0.889. The molecule has 1 N–H and O–H groups in total. The van der Waals surface area contributed by atoms with Crippen LogP contribution in [-0.4, -0.2) is 39.1 Å². The van der Waals surface area contributed by atoms with Crippen molar-refractivity contribution in [1.82, 2.24) is 5.32 Å². The Kier molecular flexibility index (Phi) is 7.10. The number of hydrogen-bond donors (Lipinski definition) is 1. The smallest absolute Gasteiger partial charge is 0.315 e. The van der Waals surface area contributed by atoms with Crippen LogP contribution in [0, 0.1) is 40.4 Å². The molecule has 1 heterocycles. The molecule has 32 heavy (non-hydrogen) atoms. The number of fused-ring (bicyclic) bond motifs is 4. The molecule has 182 valence electrons. The van der Waals surface area contributed by atoms with E-state index in [0.717, 1.165) is 51.0 Å². The lowest BCUT2D eigenvalue weighted by Crippen LogP contribution is -2.50. The highest BCUT2D eigenvalue weighted by Crippen LogP contribution is 2.64. The summed E-state index contributed by atoms with van der Waals surface area (Å²) < 4.78 is 17.2. The summed E-state index contributed by atoms with van der Waals surface area (Å²) in [6.07, 6.45) is 7.53. The summed E-state index contributed by atoms with van der Waals surface area (Å²) in [5.41, 5.74) is 1.63. The molecule has 0 spiro atoms. The van der Waals surface area contributed by atoms with Crippen molar-refractivity contribution in [2.24, 2.45) is 40.4 Å². The molecular formula is C27H45NO4. The van der Waals surface area contributed by atoms with E-state index in [-0.39, 0.29) is 28.8 Å². The lowest BCUT2D eigenvalue weighted by atomic mass is 9.55. The average molecular weight is 448 g/mol. The molecular weight excluding hydrogens is 402 g/mol. The third kappa shape index (κ3) is 4.18. The molecule has 0 aromatic carbocycles. The molecule has 2 fully saturated rings. The first kappa shape index (κ1) is 24.2. The molecule has 5 nitrogen and oxygen atoms in total. The van der Waals surface area contributed by atoms with Crippen molar-refractivity contribution in [2.75, 3.05) is 27.0 Å². The summed E-state index contributed by atoms with van der Waals surface area (Å²) in [7, 11) is 1.65. The Hall–Kier alpha value is -0.910. The van der Waals surface area contributed by atoms with Crippen molar-refractivity contribution in [3.8, 4) is 0 Å². The molecule has 1 aliphatic heterocycles. The lowest BCUT2D eigenvalue weighted by Gasteiger charge is -2.53. The van der Waals surface area contributed by atoms with Crippen LogP contribution in [0.3, 0.4) is 0 Å². The Labute approximate surface area is 195 Å². The van der Waals surface area contributed by atoms with Gasteiger partial charge in [-0.1, -0.05) is 34.6 Å². The van der Waals surface area contributed by atoms with E-state index < -0.39 is 0 Å². The summed E-state index contributed by atoms with van der Waals surface area (Å²) in [5.74, 6) is 3.37. The van der Waals surface area contributed by atoms with E-state index in [2.05, 4.69) is 39.9 Å². The van der Waals surface area contributed by atoms with Crippen molar-refractivity contribution in [3.05, 3.63) is 11.3 Å². The zero-order chi connectivity index (χ0) is 23.1. The van der Waals surface area contributed by atoms with Gasteiger partial charge in [0.25, 0.3) is 0 Å². The number of esters is 1. The number of rotatable bonds is 8. The maximum Gasteiger partial charge on any atom is 0.315 e. The van der Waals surface area contributed by atoms with E-state index in [1.807, 2.05) is 0 Å². The maximum atomic E-state index is 13.3. The van der Waals surface area contributed by atoms with Crippen LogP contribution in [0.1, 0.15) is 79.6 Å². The third-order valence-electron chi connectivity index (χ3n) is 9.50. The number of carbonyl (C=O) groups excluding carboxylic acids is 1. The van der Waals surface area contributed by atoms with Crippen LogP contribution in [0.25, 0.3) is 0 Å².